The molecule has 0 aromatic heterocycles. The van der Waals surface area contributed by atoms with E-state index >= 15 is 0 Å². The highest BCUT2D eigenvalue weighted by Crippen LogP contribution is 2.15. The zero-order chi connectivity index (χ0) is 18.6. The van der Waals surface area contributed by atoms with Gasteiger partial charge in [0.15, 0.2) is 0 Å². The van der Waals surface area contributed by atoms with E-state index < -0.39 is 10.0 Å². The van der Waals surface area contributed by atoms with Gasteiger partial charge in [0.2, 0.25) is 15.9 Å². The SMILES string of the molecule is Cc1ccc(S(=O)(=O)N(C)CC(=O)N(C)Cc2ccccc2C)cc1. The minimum Gasteiger partial charge on any atom is -0.340 e. The lowest BCUT2D eigenvalue weighted by Crippen LogP contribution is -2.39. The Morgan fingerprint density at radius 3 is 2.16 bits per heavy atom. The van der Waals surface area contributed by atoms with E-state index in [0.717, 1.165) is 21.0 Å². The molecule has 0 aliphatic heterocycles. The minimum atomic E-state index is -3.68. The van der Waals surface area contributed by atoms with Crippen molar-refractivity contribution in [3.63, 3.8) is 0 Å². The lowest BCUT2D eigenvalue weighted by molar-refractivity contribution is -0.130. The Hall–Kier alpha value is -2.18. The van der Waals surface area contributed by atoms with E-state index in [2.05, 4.69) is 0 Å². The van der Waals surface area contributed by atoms with Crippen LogP contribution in [0, 0.1) is 13.8 Å². The minimum absolute atomic E-state index is 0.190. The van der Waals surface area contributed by atoms with Gasteiger partial charge in [0, 0.05) is 20.6 Å². The summed E-state index contributed by atoms with van der Waals surface area (Å²) < 4.78 is 26.2. The van der Waals surface area contributed by atoms with Crippen molar-refractivity contribution in [2.24, 2.45) is 0 Å². The van der Waals surface area contributed by atoms with E-state index in [0.29, 0.717) is 6.54 Å². The summed E-state index contributed by atoms with van der Waals surface area (Å²) in [6, 6.07) is 14.4. The van der Waals surface area contributed by atoms with Crippen molar-refractivity contribution in [1.82, 2.24) is 9.21 Å². The Morgan fingerprint density at radius 1 is 0.960 bits per heavy atom. The van der Waals surface area contributed by atoms with E-state index in [1.54, 1.807) is 36.2 Å². The number of nitrogens with zero attached hydrogens (tertiary/aromatic N) is 2. The van der Waals surface area contributed by atoms with Crippen LogP contribution in [0.2, 0.25) is 0 Å². The quantitative estimate of drug-likeness (QED) is 0.796. The van der Waals surface area contributed by atoms with Crippen molar-refractivity contribution in [2.45, 2.75) is 25.3 Å². The molecule has 2 aromatic rings. The molecule has 0 aliphatic carbocycles. The molecule has 0 bridgehead atoms. The Bertz CT molecular complexity index is 845. The summed E-state index contributed by atoms with van der Waals surface area (Å²) in [4.78, 5) is 14.2. The summed E-state index contributed by atoms with van der Waals surface area (Å²) in [7, 11) is -0.573. The van der Waals surface area contributed by atoms with E-state index in [-0.39, 0.29) is 17.3 Å². The number of likely N-dealkylation sites (N-methyl/N-ethyl adjacent to an activating group) is 2. The molecule has 134 valence electrons. The molecule has 0 radical (unpaired) electrons. The molecule has 0 saturated heterocycles. The fraction of sp³-hybridized carbons (Fsp3) is 0.316. The van der Waals surface area contributed by atoms with Gasteiger partial charge in [0.1, 0.15) is 0 Å². The van der Waals surface area contributed by atoms with Crippen LogP contribution in [0.25, 0.3) is 0 Å². The second-order valence-corrected chi connectivity index (χ2v) is 8.30. The Morgan fingerprint density at radius 2 is 1.56 bits per heavy atom. The normalized spacial score (nSPS) is 11.6. The third-order valence-corrected chi connectivity index (χ3v) is 6.00. The third kappa shape index (κ3) is 4.67. The van der Waals surface area contributed by atoms with Gasteiger partial charge in [-0.15, -0.1) is 0 Å². The molecule has 25 heavy (non-hydrogen) atoms. The Labute approximate surface area is 149 Å². The van der Waals surface area contributed by atoms with Crippen LogP contribution in [0.5, 0.6) is 0 Å². The van der Waals surface area contributed by atoms with Crippen LogP contribution >= 0.6 is 0 Å². The number of hydrogen-bond acceptors (Lipinski definition) is 3. The summed E-state index contributed by atoms with van der Waals surface area (Å²) in [5.74, 6) is -0.249. The number of hydrogen-bond donors (Lipinski definition) is 0. The molecule has 0 heterocycles. The van der Waals surface area contributed by atoms with Gasteiger partial charge in [-0.05, 0) is 37.1 Å². The van der Waals surface area contributed by atoms with Gasteiger partial charge in [-0.25, -0.2) is 8.42 Å². The first-order valence-corrected chi connectivity index (χ1v) is 9.47. The van der Waals surface area contributed by atoms with Crippen LogP contribution in [-0.4, -0.2) is 44.2 Å². The number of benzene rings is 2. The van der Waals surface area contributed by atoms with Crippen LogP contribution in [0.4, 0.5) is 0 Å². The van der Waals surface area contributed by atoms with Crippen molar-refractivity contribution < 1.29 is 13.2 Å². The molecule has 0 spiro atoms. The monoisotopic (exact) mass is 360 g/mol. The maximum atomic E-state index is 12.6. The molecule has 2 rings (SSSR count). The molecule has 0 aliphatic rings. The van der Waals surface area contributed by atoms with E-state index in [9.17, 15) is 13.2 Å². The average molecular weight is 360 g/mol. The molecule has 5 nitrogen and oxygen atoms in total. The van der Waals surface area contributed by atoms with Crippen LogP contribution in [-0.2, 0) is 21.4 Å². The van der Waals surface area contributed by atoms with Gasteiger partial charge in [-0.2, -0.15) is 4.31 Å². The largest absolute Gasteiger partial charge is 0.340 e. The highest BCUT2D eigenvalue weighted by atomic mass is 32.2. The van der Waals surface area contributed by atoms with Crippen LogP contribution in [0.15, 0.2) is 53.4 Å². The maximum Gasteiger partial charge on any atom is 0.243 e. The molecule has 2 aromatic carbocycles. The van der Waals surface area contributed by atoms with E-state index in [1.807, 2.05) is 38.1 Å². The second kappa shape index (κ2) is 7.80. The molecule has 0 N–H and O–H groups in total. The van der Waals surface area contributed by atoms with Crippen molar-refractivity contribution in [3.05, 3.63) is 65.2 Å². The first-order chi connectivity index (χ1) is 11.7. The van der Waals surface area contributed by atoms with E-state index in [4.69, 9.17) is 0 Å². The van der Waals surface area contributed by atoms with Gasteiger partial charge >= 0.3 is 0 Å². The van der Waals surface area contributed by atoms with Crippen LogP contribution < -0.4 is 0 Å². The fourth-order valence-corrected chi connectivity index (χ4v) is 3.54. The number of sulfonamides is 1. The lowest BCUT2D eigenvalue weighted by atomic mass is 10.1. The zero-order valence-electron chi connectivity index (χ0n) is 15.1. The summed E-state index contributed by atoms with van der Waals surface area (Å²) in [5, 5.41) is 0. The zero-order valence-corrected chi connectivity index (χ0v) is 15.9. The molecule has 0 saturated carbocycles. The van der Waals surface area contributed by atoms with E-state index in [1.165, 1.54) is 7.05 Å². The molecule has 6 heteroatoms. The summed E-state index contributed by atoms with van der Waals surface area (Å²) in [6.07, 6.45) is 0. The summed E-state index contributed by atoms with van der Waals surface area (Å²) in [5.41, 5.74) is 3.13. The van der Waals surface area contributed by atoms with Gasteiger partial charge < -0.3 is 4.90 Å². The summed E-state index contributed by atoms with van der Waals surface area (Å²) >= 11 is 0. The second-order valence-electron chi connectivity index (χ2n) is 6.25. The van der Waals surface area contributed by atoms with Crippen LogP contribution in [0.1, 0.15) is 16.7 Å². The average Bonchev–Trinajstić information content (AvgIpc) is 2.57. The number of aryl methyl sites for hydroxylation is 2. The van der Waals surface area contributed by atoms with Crippen LogP contribution in [0.3, 0.4) is 0 Å². The molecule has 0 unspecified atom stereocenters. The molecule has 0 atom stereocenters. The standard InChI is InChI=1S/C19H24N2O3S/c1-15-9-11-18(12-10-15)25(23,24)21(4)14-19(22)20(3)13-17-8-6-5-7-16(17)2/h5-12H,13-14H2,1-4H3. The molecule has 0 fully saturated rings. The van der Waals surface area contributed by atoms with Gasteiger partial charge in [-0.1, -0.05) is 42.0 Å². The van der Waals surface area contributed by atoms with Gasteiger partial charge in [0.25, 0.3) is 0 Å². The molecule has 1 amide bonds. The summed E-state index contributed by atoms with van der Waals surface area (Å²) in [6.45, 7) is 4.13. The highest BCUT2D eigenvalue weighted by molar-refractivity contribution is 7.89. The van der Waals surface area contributed by atoms with Gasteiger partial charge in [-0.3, -0.25) is 4.79 Å². The van der Waals surface area contributed by atoms with Crippen molar-refractivity contribution >= 4 is 15.9 Å². The maximum absolute atomic E-state index is 12.6. The first kappa shape index (κ1) is 19.1. The lowest BCUT2D eigenvalue weighted by Gasteiger charge is -2.22. The van der Waals surface area contributed by atoms with Crippen molar-refractivity contribution in [1.29, 1.82) is 0 Å². The number of carbonyl (C=O) groups is 1. The van der Waals surface area contributed by atoms with Gasteiger partial charge in [0.05, 0.1) is 11.4 Å². The number of rotatable bonds is 6. The van der Waals surface area contributed by atoms with Crippen molar-refractivity contribution in [2.75, 3.05) is 20.6 Å². The Kier molecular flexibility index (Phi) is 5.98. The smallest absolute Gasteiger partial charge is 0.243 e. The fourth-order valence-electron chi connectivity index (χ4n) is 2.42. The third-order valence-electron chi connectivity index (χ3n) is 4.18. The molecular formula is C19H24N2O3S. The predicted molar refractivity (Wildman–Crippen MR) is 98.6 cm³/mol. The topological polar surface area (TPSA) is 57.7 Å². The Balaban J connectivity index is 2.06. The number of amides is 1. The predicted octanol–water partition coefficient (Wildman–Crippen LogP) is 2.58. The van der Waals surface area contributed by atoms with Crippen molar-refractivity contribution in [3.8, 4) is 0 Å². The molecular weight excluding hydrogens is 336 g/mol. The highest BCUT2D eigenvalue weighted by Gasteiger charge is 2.24. The number of carbonyl (C=O) groups excluding carboxylic acids is 1. The first-order valence-electron chi connectivity index (χ1n) is 8.03.